The molecule has 3 atom stereocenters. The van der Waals surface area contributed by atoms with Crippen molar-refractivity contribution < 1.29 is 30.8 Å². The van der Waals surface area contributed by atoms with E-state index in [2.05, 4.69) is 14.4 Å². The van der Waals surface area contributed by atoms with Crippen molar-refractivity contribution in [3.63, 3.8) is 0 Å². The fourth-order valence-corrected chi connectivity index (χ4v) is 7.33. The van der Waals surface area contributed by atoms with Gasteiger partial charge in [-0.15, -0.1) is 4.40 Å². The van der Waals surface area contributed by atoms with Crippen LogP contribution in [0.1, 0.15) is 18.4 Å². The van der Waals surface area contributed by atoms with Crippen LogP contribution in [0.5, 0.6) is 0 Å². The van der Waals surface area contributed by atoms with Crippen LogP contribution in [-0.2, 0) is 36.2 Å². The third-order valence-electron chi connectivity index (χ3n) is 7.27. The summed E-state index contributed by atoms with van der Waals surface area (Å²) in [5.74, 6) is -3.12. The predicted molar refractivity (Wildman–Crippen MR) is 131 cm³/mol. The molecule has 194 valence electrons. The summed E-state index contributed by atoms with van der Waals surface area (Å²) in [5.41, 5.74) is -0.129. The molecule has 11 nitrogen and oxygen atoms in total. The van der Waals surface area contributed by atoms with Gasteiger partial charge >= 0.3 is 0 Å². The number of amides is 1. The zero-order chi connectivity index (χ0) is 26.3. The number of nitrogens with zero attached hydrogens (tertiary/aromatic N) is 3. The number of amidine groups is 1. The molecule has 2 aromatic rings. The standard InChI is InChI=1S/C23H22FN5O6S2/c1-36(32,33)26-16-6-7-17-18(10-16)37(34,35)27-21(25-17)19-20(30)23-11-14(23)8-9-29(23)28(22(19)31)12-13-2-4-15(24)5-3-13/h2-7,10,14,19,26H,8-9,11-12H2,1H3,(H,25,27)/t14-,19?,23+/m1/s1. The molecule has 1 saturated carbocycles. The highest BCUT2D eigenvalue weighted by atomic mass is 32.2. The molecular formula is C23H22FN5O6S2. The molecule has 2 N–H and O–H groups in total. The maximum absolute atomic E-state index is 13.7. The first-order valence-electron chi connectivity index (χ1n) is 11.5. The van der Waals surface area contributed by atoms with E-state index in [1.807, 2.05) is 0 Å². The SMILES string of the molecule is CS(=O)(=O)Nc1ccc2c(c1)S(=O)(=O)N=C(C1C(=O)N(Cc3ccc(F)cc3)N3CC[C@@H]4C[C@@]43C1=O)N2. The number of nitrogens with one attached hydrogen (secondary N) is 2. The van der Waals surface area contributed by atoms with E-state index in [0.29, 0.717) is 18.5 Å². The smallest absolute Gasteiger partial charge is 0.286 e. The van der Waals surface area contributed by atoms with E-state index in [-0.39, 0.29) is 34.6 Å². The fraction of sp³-hybridized carbons (Fsp3) is 0.348. The van der Waals surface area contributed by atoms with Gasteiger partial charge in [-0.2, -0.15) is 8.42 Å². The van der Waals surface area contributed by atoms with E-state index in [1.54, 1.807) is 17.1 Å². The first-order chi connectivity index (χ1) is 17.4. The number of hydrogen-bond donors (Lipinski definition) is 2. The number of rotatable bonds is 5. The van der Waals surface area contributed by atoms with Crippen LogP contribution in [0, 0.1) is 17.7 Å². The summed E-state index contributed by atoms with van der Waals surface area (Å²) in [6, 6.07) is 9.53. The first-order valence-corrected chi connectivity index (χ1v) is 14.8. The van der Waals surface area contributed by atoms with Crippen LogP contribution in [0.4, 0.5) is 15.8 Å². The monoisotopic (exact) mass is 547 g/mol. The summed E-state index contributed by atoms with van der Waals surface area (Å²) < 4.78 is 68.7. The third kappa shape index (κ3) is 3.81. The Balaban J connectivity index is 1.37. The quantitative estimate of drug-likeness (QED) is 0.533. The Morgan fingerprint density at radius 1 is 1.19 bits per heavy atom. The Hall–Kier alpha value is -3.36. The highest BCUT2D eigenvalue weighted by Gasteiger charge is 2.73. The van der Waals surface area contributed by atoms with E-state index in [1.165, 1.54) is 29.3 Å². The van der Waals surface area contributed by atoms with Crippen LogP contribution in [0.15, 0.2) is 51.8 Å². The second-order valence-corrected chi connectivity index (χ2v) is 13.0. The van der Waals surface area contributed by atoms with Gasteiger partial charge in [-0.3, -0.25) is 19.3 Å². The Kier molecular flexibility index (Phi) is 5.07. The number of hydrogen-bond acceptors (Lipinski definition) is 8. The molecule has 0 radical (unpaired) electrons. The zero-order valence-electron chi connectivity index (χ0n) is 19.5. The van der Waals surface area contributed by atoms with Gasteiger partial charge in [-0.25, -0.2) is 17.8 Å². The highest BCUT2D eigenvalue weighted by molar-refractivity contribution is 7.92. The summed E-state index contributed by atoms with van der Waals surface area (Å²) in [6.07, 6.45) is 2.22. The molecule has 0 bridgehead atoms. The summed E-state index contributed by atoms with van der Waals surface area (Å²) in [6.45, 7) is 0.599. The molecule has 2 aromatic carbocycles. The van der Waals surface area contributed by atoms with Crippen LogP contribution in [0.2, 0.25) is 0 Å². The number of Topliss-reactive ketones (excluding diaryl/α,β-unsaturated/α-hetero) is 1. The molecule has 0 aromatic heterocycles. The third-order valence-corrected chi connectivity index (χ3v) is 9.20. The number of carbonyl (C=O) groups excluding carboxylic acids is 2. The van der Waals surface area contributed by atoms with Crippen molar-refractivity contribution in [3.05, 3.63) is 53.8 Å². The van der Waals surface area contributed by atoms with Gasteiger partial charge in [0.15, 0.2) is 11.7 Å². The van der Waals surface area contributed by atoms with E-state index >= 15 is 0 Å². The Morgan fingerprint density at radius 2 is 1.92 bits per heavy atom. The zero-order valence-corrected chi connectivity index (χ0v) is 21.1. The number of anilines is 2. The minimum atomic E-state index is -4.36. The van der Waals surface area contributed by atoms with Gasteiger partial charge in [0.1, 0.15) is 22.1 Å². The molecule has 1 spiro atoms. The summed E-state index contributed by atoms with van der Waals surface area (Å²) in [4.78, 5) is 27.2. The molecule has 14 heteroatoms. The fourth-order valence-electron chi connectivity index (χ4n) is 5.59. The van der Waals surface area contributed by atoms with Crippen molar-refractivity contribution in [2.45, 2.75) is 29.8 Å². The number of halogens is 1. The molecule has 3 aliphatic heterocycles. The van der Waals surface area contributed by atoms with Crippen LogP contribution < -0.4 is 10.0 Å². The first kappa shape index (κ1) is 24.0. The van der Waals surface area contributed by atoms with Gasteiger partial charge in [0, 0.05) is 12.2 Å². The number of ketones is 1. The second kappa shape index (κ2) is 7.82. The van der Waals surface area contributed by atoms with Crippen LogP contribution in [0.3, 0.4) is 0 Å². The predicted octanol–water partition coefficient (Wildman–Crippen LogP) is 1.32. The maximum Gasteiger partial charge on any atom is 0.286 e. The molecular weight excluding hydrogens is 525 g/mol. The van der Waals surface area contributed by atoms with E-state index < -0.39 is 49.0 Å². The largest absolute Gasteiger partial charge is 0.341 e. The van der Waals surface area contributed by atoms with Gasteiger partial charge in [0.25, 0.3) is 15.9 Å². The lowest BCUT2D eigenvalue weighted by Gasteiger charge is -2.45. The molecule has 3 heterocycles. The number of hydrazine groups is 1. The van der Waals surface area contributed by atoms with Crippen LogP contribution >= 0.6 is 0 Å². The minimum absolute atomic E-state index is 0.0295. The van der Waals surface area contributed by atoms with E-state index in [0.717, 1.165) is 18.7 Å². The van der Waals surface area contributed by atoms with Crippen molar-refractivity contribution in [1.82, 2.24) is 10.0 Å². The molecule has 6 rings (SSSR count). The highest BCUT2D eigenvalue weighted by Crippen LogP contribution is 2.60. The summed E-state index contributed by atoms with van der Waals surface area (Å²) in [5, 5.41) is 6.07. The van der Waals surface area contributed by atoms with Gasteiger partial charge in [0.05, 0.1) is 18.5 Å². The second-order valence-electron chi connectivity index (χ2n) is 9.72. The number of sulfonamides is 2. The summed E-state index contributed by atoms with van der Waals surface area (Å²) in [7, 11) is -8.01. The van der Waals surface area contributed by atoms with Crippen LogP contribution in [0.25, 0.3) is 0 Å². The molecule has 1 unspecified atom stereocenters. The topological polar surface area (TPSA) is 145 Å². The molecule has 1 amide bonds. The maximum atomic E-state index is 13.7. The number of piperidine rings is 1. The lowest BCUT2D eigenvalue weighted by Crippen LogP contribution is -2.65. The van der Waals surface area contributed by atoms with Crippen molar-refractivity contribution in [1.29, 1.82) is 0 Å². The summed E-state index contributed by atoms with van der Waals surface area (Å²) >= 11 is 0. The molecule has 37 heavy (non-hydrogen) atoms. The van der Waals surface area contributed by atoms with E-state index in [9.17, 15) is 30.8 Å². The average molecular weight is 548 g/mol. The Bertz CT molecular complexity index is 1610. The van der Waals surface area contributed by atoms with Crippen molar-refractivity contribution in [2.75, 3.05) is 22.8 Å². The number of fused-ring (bicyclic) bond motifs is 1. The van der Waals surface area contributed by atoms with Crippen molar-refractivity contribution in [2.24, 2.45) is 16.2 Å². The average Bonchev–Trinajstić information content (AvgIpc) is 3.42. The number of carbonyl (C=O) groups is 2. The Labute approximate surface area is 212 Å². The van der Waals surface area contributed by atoms with Crippen molar-refractivity contribution >= 4 is 48.9 Å². The van der Waals surface area contributed by atoms with Crippen LogP contribution in [-0.4, -0.2) is 62.7 Å². The molecule has 3 fully saturated rings. The lowest BCUT2D eigenvalue weighted by molar-refractivity contribution is -0.174. The number of benzene rings is 2. The van der Waals surface area contributed by atoms with E-state index in [4.69, 9.17) is 0 Å². The molecule has 1 aliphatic carbocycles. The minimum Gasteiger partial charge on any atom is -0.341 e. The molecule has 4 aliphatic rings. The van der Waals surface area contributed by atoms with Gasteiger partial charge in [-0.05, 0) is 54.7 Å². The lowest BCUT2D eigenvalue weighted by atomic mass is 9.90. The molecule has 2 saturated heterocycles. The normalized spacial score (nSPS) is 28.1. The van der Waals surface area contributed by atoms with Gasteiger partial charge in [-0.1, -0.05) is 12.1 Å². The van der Waals surface area contributed by atoms with Gasteiger partial charge < -0.3 is 5.32 Å². The van der Waals surface area contributed by atoms with Crippen molar-refractivity contribution in [3.8, 4) is 0 Å². The Morgan fingerprint density at radius 3 is 2.59 bits per heavy atom. The van der Waals surface area contributed by atoms with Gasteiger partial charge in [0.2, 0.25) is 10.0 Å².